The fourth-order valence-electron chi connectivity index (χ4n) is 2.86. The molecule has 0 spiro atoms. The molecule has 8 nitrogen and oxygen atoms in total. The van der Waals surface area contributed by atoms with Crippen LogP contribution in [-0.2, 0) is 9.59 Å². The van der Waals surface area contributed by atoms with Crippen LogP contribution in [0.5, 0.6) is 0 Å². The van der Waals surface area contributed by atoms with Gasteiger partial charge in [-0.15, -0.1) is 0 Å². The predicted molar refractivity (Wildman–Crippen MR) is 114 cm³/mol. The summed E-state index contributed by atoms with van der Waals surface area (Å²) < 4.78 is 1.02. The van der Waals surface area contributed by atoms with Crippen molar-refractivity contribution < 1.29 is 9.59 Å². The molecule has 0 saturated carbocycles. The van der Waals surface area contributed by atoms with E-state index < -0.39 is 11.5 Å². The summed E-state index contributed by atoms with van der Waals surface area (Å²) in [6.45, 7) is 8.42. The molecule has 148 valence electrons. The van der Waals surface area contributed by atoms with E-state index in [9.17, 15) is 14.4 Å². The number of nitriles is 1. The molecule has 2 N–H and O–H groups in total. The average molecular weight is 399 g/mol. The molecule has 1 aromatic heterocycles. The van der Waals surface area contributed by atoms with Crippen LogP contribution in [0.4, 0.5) is 5.69 Å². The van der Waals surface area contributed by atoms with Crippen LogP contribution >= 0.6 is 0 Å². The number of fused-ring (bicyclic) bond motifs is 1. The summed E-state index contributed by atoms with van der Waals surface area (Å²) in [5.41, 5.74) is 1.83. The number of amides is 2. The molecule has 3 rings (SSSR count). The molecule has 0 aliphatic heterocycles. The molecule has 1 heterocycles. The maximum atomic E-state index is 12.9. The third kappa shape index (κ3) is 4.00. The van der Waals surface area contributed by atoms with Crippen molar-refractivity contribution in [2.45, 2.75) is 6.92 Å². The number of anilines is 1. The first-order valence-electron chi connectivity index (χ1n) is 8.80. The highest BCUT2D eigenvalue weighted by Crippen LogP contribution is 2.27. The predicted octanol–water partition coefficient (Wildman–Crippen LogP) is 2.65. The van der Waals surface area contributed by atoms with Crippen molar-refractivity contribution in [3.05, 3.63) is 78.0 Å². The lowest BCUT2D eigenvalue weighted by atomic mass is 10.0. The molecule has 0 aliphatic carbocycles. The normalized spacial score (nSPS) is 10.1. The number of rotatable bonds is 5. The van der Waals surface area contributed by atoms with E-state index >= 15 is 0 Å². The molecule has 0 radical (unpaired) electrons. The maximum Gasteiger partial charge on any atom is 0.272 e. The van der Waals surface area contributed by atoms with Crippen molar-refractivity contribution in [3.8, 4) is 17.2 Å². The van der Waals surface area contributed by atoms with E-state index in [0.717, 1.165) is 15.7 Å². The maximum absolute atomic E-state index is 12.9. The Hall–Kier alpha value is -4.51. The van der Waals surface area contributed by atoms with Crippen LogP contribution in [0.2, 0.25) is 0 Å². The van der Waals surface area contributed by atoms with Crippen LogP contribution in [-0.4, -0.2) is 21.4 Å². The molecule has 3 aromatic rings. The molecular weight excluding hydrogens is 382 g/mol. The van der Waals surface area contributed by atoms with Gasteiger partial charge in [-0.2, -0.15) is 5.26 Å². The Morgan fingerprint density at radius 3 is 2.47 bits per heavy atom. The van der Waals surface area contributed by atoms with Gasteiger partial charge in [0.1, 0.15) is 23.8 Å². The molecule has 0 aliphatic rings. The van der Waals surface area contributed by atoms with E-state index in [1.54, 1.807) is 30.3 Å². The zero-order valence-corrected chi connectivity index (χ0v) is 16.1. The van der Waals surface area contributed by atoms with Crippen LogP contribution in [0.15, 0.2) is 72.4 Å². The first kappa shape index (κ1) is 20.2. The SMILES string of the molecule is C=C(C#N)NC(=O)C(=C)n1cnc2c(-c3ccc(NC(C)=O)cc3)cccc2c1=O. The summed E-state index contributed by atoms with van der Waals surface area (Å²) in [5.74, 6) is -0.896. The Balaban J connectivity index is 2.02. The minimum atomic E-state index is -0.727. The molecular formula is C22H17N5O3. The van der Waals surface area contributed by atoms with Crippen LogP contribution in [0.1, 0.15) is 6.92 Å². The van der Waals surface area contributed by atoms with E-state index in [2.05, 4.69) is 28.8 Å². The Morgan fingerprint density at radius 1 is 1.13 bits per heavy atom. The Labute approximate surface area is 171 Å². The Kier molecular flexibility index (Phi) is 5.56. The number of para-hydroxylation sites is 1. The summed E-state index contributed by atoms with van der Waals surface area (Å²) in [6.07, 6.45) is 1.22. The first-order valence-corrected chi connectivity index (χ1v) is 8.80. The number of carbonyl (C=O) groups excluding carboxylic acids is 2. The molecule has 0 unspecified atom stereocenters. The quantitative estimate of drug-likeness (QED) is 0.505. The summed E-state index contributed by atoms with van der Waals surface area (Å²) >= 11 is 0. The standard InChI is InChI=1S/C22H17N5O3/c1-13(11-23)25-21(29)14(2)27-12-24-20-18(5-4-6-19(20)22(27)30)16-7-9-17(10-8-16)26-15(3)28/h4-10,12H,1-2H2,3H3,(H,25,29)(H,26,28). The van der Waals surface area contributed by atoms with Crippen molar-refractivity contribution in [2.24, 2.45) is 0 Å². The second-order valence-electron chi connectivity index (χ2n) is 6.37. The lowest BCUT2D eigenvalue weighted by Crippen LogP contribution is -2.30. The summed E-state index contributed by atoms with van der Waals surface area (Å²) in [6, 6.07) is 14.0. The number of aromatic nitrogens is 2. The number of hydrogen-bond acceptors (Lipinski definition) is 5. The third-order valence-corrected chi connectivity index (χ3v) is 4.26. The number of nitrogens with one attached hydrogen (secondary N) is 2. The zero-order chi connectivity index (χ0) is 21.8. The van der Waals surface area contributed by atoms with E-state index in [-0.39, 0.29) is 17.3 Å². The van der Waals surface area contributed by atoms with Crippen LogP contribution < -0.4 is 16.2 Å². The Bertz CT molecular complexity index is 1300. The third-order valence-electron chi connectivity index (χ3n) is 4.26. The first-order chi connectivity index (χ1) is 14.3. The molecule has 0 atom stereocenters. The lowest BCUT2D eigenvalue weighted by molar-refractivity contribution is -0.115. The number of hydrogen-bond donors (Lipinski definition) is 2. The number of allylic oxidation sites excluding steroid dienone is 1. The smallest absolute Gasteiger partial charge is 0.272 e. The van der Waals surface area contributed by atoms with Gasteiger partial charge in [-0.25, -0.2) is 4.98 Å². The van der Waals surface area contributed by atoms with Crippen molar-refractivity contribution in [3.63, 3.8) is 0 Å². The monoisotopic (exact) mass is 399 g/mol. The van der Waals surface area contributed by atoms with Gasteiger partial charge < -0.3 is 10.6 Å². The number of carbonyl (C=O) groups is 2. The highest BCUT2D eigenvalue weighted by atomic mass is 16.2. The van der Waals surface area contributed by atoms with Gasteiger partial charge in [0.15, 0.2) is 0 Å². The van der Waals surface area contributed by atoms with Gasteiger partial charge in [0, 0.05) is 18.2 Å². The summed E-state index contributed by atoms with van der Waals surface area (Å²) in [7, 11) is 0. The van der Waals surface area contributed by atoms with E-state index in [1.807, 2.05) is 18.2 Å². The highest BCUT2D eigenvalue weighted by Gasteiger charge is 2.15. The van der Waals surface area contributed by atoms with Crippen molar-refractivity contribution in [1.82, 2.24) is 14.9 Å². The van der Waals surface area contributed by atoms with Gasteiger partial charge in [0.2, 0.25) is 5.91 Å². The minimum Gasteiger partial charge on any atom is -0.326 e. The molecule has 0 fully saturated rings. The van der Waals surface area contributed by atoms with Crippen LogP contribution in [0.25, 0.3) is 27.7 Å². The largest absolute Gasteiger partial charge is 0.326 e. The summed E-state index contributed by atoms with van der Waals surface area (Å²) in [4.78, 5) is 40.6. The highest BCUT2D eigenvalue weighted by molar-refractivity contribution is 6.13. The van der Waals surface area contributed by atoms with Gasteiger partial charge in [0.25, 0.3) is 11.5 Å². The number of nitrogens with zero attached hydrogens (tertiary/aromatic N) is 3. The minimum absolute atomic E-state index is 0.159. The van der Waals surface area contributed by atoms with E-state index in [1.165, 1.54) is 13.3 Å². The molecule has 8 heteroatoms. The fourth-order valence-corrected chi connectivity index (χ4v) is 2.86. The molecule has 0 bridgehead atoms. The lowest BCUT2D eigenvalue weighted by Gasteiger charge is -2.11. The van der Waals surface area contributed by atoms with Gasteiger partial charge in [-0.05, 0) is 23.8 Å². The van der Waals surface area contributed by atoms with Gasteiger partial charge in [-0.1, -0.05) is 37.4 Å². The van der Waals surface area contributed by atoms with Crippen LogP contribution in [0.3, 0.4) is 0 Å². The zero-order valence-electron chi connectivity index (χ0n) is 16.1. The van der Waals surface area contributed by atoms with Crippen LogP contribution in [0, 0.1) is 11.3 Å². The molecule has 0 saturated heterocycles. The molecule has 2 aromatic carbocycles. The van der Waals surface area contributed by atoms with Crippen molar-refractivity contribution in [2.75, 3.05) is 5.32 Å². The van der Waals surface area contributed by atoms with Gasteiger partial charge in [-0.3, -0.25) is 19.0 Å². The second kappa shape index (κ2) is 8.24. The van der Waals surface area contributed by atoms with E-state index in [4.69, 9.17) is 5.26 Å². The summed E-state index contributed by atoms with van der Waals surface area (Å²) in [5, 5.41) is 14.0. The number of benzene rings is 2. The van der Waals surface area contributed by atoms with Crippen molar-refractivity contribution >= 4 is 34.1 Å². The average Bonchev–Trinajstić information content (AvgIpc) is 2.73. The van der Waals surface area contributed by atoms with Gasteiger partial charge in [0.05, 0.1) is 10.9 Å². The molecule has 2 amide bonds. The topological polar surface area (TPSA) is 117 Å². The second-order valence-corrected chi connectivity index (χ2v) is 6.37. The molecule has 30 heavy (non-hydrogen) atoms. The van der Waals surface area contributed by atoms with E-state index in [0.29, 0.717) is 16.6 Å². The fraction of sp³-hybridized carbons (Fsp3) is 0.0455. The van der Waals surface area contributed by atoms with Gasteiger partial charge >= 0.3 is 0 Å². The van der Waals surface area contributed by atoms with Crippen molar-refractivity contribution in [1.29, 1.82) is 5.26 Å². The Morgan fingerprint density at radius 2 is 1.83 bits per heavy atom.